The molecule has 8 aromatic carbocycles. The Bertz CT molecular complexity index is 2930. The lowest BCUT2D eigenvalue weighted by Crippen LogP contribution is -1.97. The molecule has 0 spiro atoms. The van der Waals surface area contributed by atoms with Crippen molar-refractivity contribution in [3.63, 3.8) is 0 Å². The first kappa shape index (κ1) is 22.9. The topological polar surface area (TPSA) is 31.6 Å². The summed E-state index contributed by atoms with van der Waals surface area (Å²) >= 11 is 0. The first-order chi connectivity index (χ1) is 21.8. The van der Waals surface area contributed by atoms with E-state index in [0.29, 0.717) is 0 Å². The van der Waals surface area contributed by atoms with Crippen LogP contribution in [-0.2, 0) is 6.42 Å². The number of allylic oxidation sites excluding steroid dienone is 1. The van der Waals surface area contributed by atoms with Crippen LogP contribution in [0.5, 0.6) is 0 Å². The van der Waals surface area contributed by atoms with Gasteiger partial charge in [-0.1, -0.05) is 84.9 Å². The van der Waals surface area contributed by atoms with E-state index in [0.717, 1.165) is 12.8 Å². The van der Waals surface area contributed by atoms with Gasteiger partial charge in [0.05, 0.1) is 0 Å². The van der Waals surface area contributed by atoms with Crippen LogP contribution < -0.4 is 0 Å². The van der Waals surface area contributed by atoms with Gasteiger partial charge in [-0.25, -0.2) is 0 Å². The van der Waals surface area contributed by atoms with Crippen molar-refractivity contribution in [2.45, 2.75) is 12.8 Å². The molecule has 44 heavy (non-hydrogen) atoms. The van der Waals surface area contributed by atoms with Gasteiger partial charge < -0.3 is 9.97 Å². The molecule has 0 fully saturated rings. The molecule has 0 saturated heterocycles. The molecule has 2 N–H and O–H groups in total. The summed E-state index contributed by atoms with van der Waals surface area (Å²) in [5.74, 6) is 0. The molecule has 2 aromatic heterocycles. The smallest absolute Gasteiger partial charge is 0.0472 e. The Morgan fingerprint density at radius 3 is 1.32 bits per heavy atom. The molecule has 0 saturated carbocycles. The van der Waals surface area contributed by atoms with Gasteiger partial charge in [0.15, 0.2) is 0 Å². The van der Waals surface area contributed by atoms with E-state index in [2.05, 4.69) is 131 Å². The molecule has 0 atom stereocenters. The standard InChI is InChI=1S/C42H26N2/c1-5-13-27-23(9-1)25-11-3-7-15-29(25)33-19-39-35(17-31(27)33)37-21-42-38(22-41(37)43-39)36-18-32-28-14-6-2-10-24(28)26-12-4-8-16-30(26)34(32)20-40(36)44-42/h1-3,5-11,13-22,43-44H,4,12H2. The van der Waals surface area contributed by atoms with Crippen molar-refractivity contribution in [1.29, 1.82) is 0 Å². The Balaban J connectivity index is 1.24. The van der Waals surface area contributed by atoms with Gasteiger partial charge in [0, 0.05) is 43.6 Å². The van der Waals surface area contributed by atoms with Crippen LogP contribution in [-0.4, -0.2) is 9.97 Å². The van der Waals surface area contributed by atoms with Crippen molar-refractivity contribution in [2.75, 3.05) is 0 Å². The van der Waals surface area contributed by atoms with Gasteiger partial charge in [-0.05, 0) is 114 Å². The summed E-state index contributed by atoms with van der Waals surface area (Å²) in [6.45, 7) is 0. The van der Waals surface area contributed by atoms with Crippen LogP contribution >= 0.6 is 0 Å². The molecule has 0 amide bonds. The third-order valence-electron chi connectivity index (χ3n) is 10.3. The van der Waals surface area contributed by atoms with Crippen molar-refractivity contribution in [2.24, 2.45) is 0 Å². The SMILES string of the molecule is C1=Cc2c(c3ccccc3c3cc4c(cc23)[nH]c2cc3c(cc24)[nH]c2cc4c5ccccc5c5ccccc5c4cc23)CC1. The van der Waals surface area contributed by atoms with Gasteiger partial charge in [0.25, 0.3) is 0 Å². The third kappa shape index (κ3) is 2.86. The summed E-state index contributed by atoms with van der Waals surface area (Å²) in [5, 5.41) is 18.3. The minimum atomic E-state index is 1.10. The molecule has 0 unspecified atom stereocenters. The van der Waals surface area contributed by atoms with Gasteiger partial charge in [-0.3, -0.25) is 0 Å². The molecular weight excluding hydrogens is 532 g/mol. The second-order valence-electron chi connectivity index (χ2n) is 12.6. The van der Waals surface area contributed by atoms with E-state index in [1.165, 1.54) is 109 Å². The number of fused-ring (bicyclic) bond motifs is 18. The third-order valence-corrected chi connectivity index (χ3v) is 10.3. The fourth-order valence-corrected chi connectivity index (χ4v) is 8.37. The lowest BCUT2D eigenvalue weighted by atomic mass is 9.86. The number of aromatic nitrogens is 2. The normalized spacial score (nSPS) is 13.6. The largest absolute Gasteiger partial charge is 0.354 e. The maximum atomic E-state index is 3.82. The number of nitrogens with one attached hydrogen (secondary N) is 2. The molecule has 2 heterocycles. The van der Waals surface area contributed by atoms with Crippen molar-refractivity contribution < 1.29 is 0 Å². The molecule has 11 rings (SSSR count). The lowest BCUT2D eigenvalue weighted by Gasteiger charge is -2.18. The molecule has 0 radical (unpaired) electrons. The maximum absolute atomic E-state index is 3.82. The van der Waals surface area contributed by atoms with E-state index >= 15 is 0 Å². The first-order valence-corrected chi connectivity index (χ1v) is 15.6. The highest BCUT2D eigenvalue weighted by Crippen LogP contribution is 2.42. The number of hydrogen-bond acceptors (Lipinski definition) is 0. The van der Waals surface area contributed by atoms with Gasteiger partial charge in [-0.2, -0.15) is 0 Å². The van der Waals surface area contributed by atoms with Crippen LogP contribution in [0, 0.1) is 0 Å². The Hall–Kier alpha value is -5.60. The monoisotopic (exact) mass is 558 g/mol. The van der Waals surface area contributed by atoms with Crippen molar-refractivity contribution in [1.82, 2.24) is 9.97 Å². The number of aromatic amines is 2. The highest BCUT2D eigenvalue weighted by atomic mass is 14.7. The highest BCUT2D eigenvalue weighted by Gasteiger charge is 2.18. The van der Waals surface area contributed by atoms with E-state index in [4.69, 9.17) is 0 Å². The second-order valence-corrected chi connectivity index (χ2v) is 12.6. The summed E-state index contributed by atoms with van der Waals surface area (Å²) in [6.07, 6.45) is 6.88. The summed E-state index contributed by atoms with van der Waals surface area (Å²) in [7, 11) is 0. The van der Waals surface area contributed by atoms with Gasteiger partial charge >= 0.3 is 0 Å². The van der Waals surface area contributed by atoms with E-state index in [-0.39, 0.29) is 0 Å². The number of aryl methyl sites for hydroxylation is 1. The minimum absolute atomic E-state index is 1.10. The van der Waals surface area contributed by atoms with Gasteiger partial charge in [-0.15, -0.1) is 0 Å². The number of H-pyrrole nitrogens is 2. The predicted octanol–water partition coefficient (Wildman–Crippen LogP) is 11.7. The van der Waals surface area contributed by atoms with Crippen LogP contribution in [0.15, 0.2) is 115 Å². The van der Waals surface area contributed by atoms with Crippen molar-refractivity contribution in [3.8, 4) is 0 Å². The zero-order chi connectivity index (χ0) is 28.5. The first-order valence-electron chi connectivity index (χ1n) is 15.6. The van der Waals surface area contributed by atoms with Crippen LogP contribution in [0.4, 0.5) is 0 Å². The fourth-order valence-electron chi connectivity index (χ4n) is 8.37. The molecule has 204 valence electrons. The van der Waals surface area contributed by atoms with E-state index < -0.39 is 0 Å². The quantitative estimate of drug-likeness (QED) is 0.174. The van der Waals surface area contributed by atoms with Gasteiger partial charge in [0.1, 0.15) is 0 Å². The predicted molar refractivity (Wildman–Crippen MR) is 190 cm³/mol. The number of benzene rings is 8. The molecule has 1 aliphatic rings. The fraction of sp³-hybridized carbons (Fsp3) is 0.0476. The minimum Gasteiger partial charge on any atom is -0.354 e. The van der Waals surface area contributed by atoms with E-state index in [1.54, 1.807) is 0 Å². The zero-order valence-corrected chi connectivity index (χ0v) is 24.0. The summed E-state index contributed by atoms with van der Waals surface area (Å²) in [5.41, 5.74) is 7.61. The molecule has 2 nitrogen and oxygen atoms in total. The Labute approximate surface area is 252 Å². The zero-order valence-electron chi connectivity index (χ0n) is 24.0. The average Bonchev–Trinajstić information content (AvgIpc) is 3.62. The summed E-state index contributed by atoms with van der Waals surface area (Å²) < 4.78 is 0. The van der Waals surface area contributed by atoms with Crippen LogP contribution in [0.1, 0.15) is 17.5 Å². The second kappa shape index (κ2) is 8.06. The molecule has 1 aliphatic carbocycles. The lowest BCUT2D eigenvalue weighted by molar-refractivity contribution is 1.00. The highest BCUT2D eigenvalue weighted by molar-refractivity contribution is 6.29. The summed E-state index contributed by atoms with van der Waals surface area (Å²) in [6, 6.07) is 40.9. The Morgan fingerprint density at radius 2 is 0.750 bits per heavy atom. The van der Waals surface area contributed by atoms with Crippen molar-refractivity contribution >= 4 is 104 Å². The van der Waals surface area contributed by atoms with Crippen LogP contribution in [0.3, 0.4) is 0 Å². The molecular formula is C42H26N2. The number of hydrogen-bond donors (Lipinski definition) is 2. The molecule has 2 heteroatoms. The van der Waals surface area contributed by atoms with Gasteiger partial charge in [0.2, 0.25) is 0 Å². The Morgan fingerprint density at radius 1 is 0.364 bits per heavy atom. The molecule has 0 bridgehead atoms. The van der Waals surface area contributed by atoms with Crippen molar-refractivity contribution in [3.05, 3.63) is 126 Å². The molecule has 0 aliphatic heterocycles. The number of rotatable bonds is 0. The maximum Gasteiger partial charge on any atom is 0.0472 e. The average molecular weight is 559 g/mol. The Kier molecular flexibility index (Phi) is 4.20. The van der Waals surface area contributed by atoms with E-state index in [9.17, 15) is 0 Å². The van der Waals surface area contributed by atoms with Crippen LogP contribution in [0.2, 0.25) is 0 Å². The molecule has 10 aromatic rings. The summed E-state index contributed by atoms with van der Waals surface area (Å²) in [4.78, 5) is 7.64. The van der Waals surface area contributed by atoms with E-state index in [1.807, 2.05) is 0 Å². The van der Waals surface area contributed by atoms with Crippen LogP contribution in [0.25, 0.3) is 104 Å².